The molecule has 0 aliphatic carbocycles. The third-order valence-corrected chi connectivity index (χ3v) is 5.27. The summed E-state index contributed by atoms with van der Waals surface area (Å²) in [6, 6.07) is 13.4. The zero-order chi connectivity index (χ0) is 20.4. The van der Waals surface area contributed by atoms with Crippen LogP contribution >= 0.6 is 0 Å². The molecule has 6 nitrogen and oxygen atoms in total. The lowest BCUT2D eigenvalue weighted by Crippen LogP contribution is -2.37. The molecule has 3 aromatic rings. The molecular formula is C23H23N3O3. The molecule has 0 unspecified atom stereocenters. The Morgan fingerprint density at radius 1 is 1.21 bits per heavy atom. The van der Waals surface area contributed by atoms with Crippen molar-refractivity contribution >= 4 is 34.1 Å². The highest BCUT2D eigenvalue weighted by Gasteiger charge is 2.24. The van der Waals surface area contributed by atoms with Gasteiger partial charge in [-0.15, -0.1) is 0 Å². The van der Waals surface area contributed by atoms with Gasteiger partial charge in [0.2, 0.25) is 5.91 Å². The van der Waals surface area contributed by atoms with Gasteiger partial charge in [0.05, 0.1) is 17.7 Å². The van der Waals surface area contributed by atoms with E-state index in [9.17, 15) is 9.59 Å². The highest BCUT2D eigenvalue weighted by atomic mass is 16.5. The average molecular weight is 389 g/mol. The molecule has 2 amide bonds. The number of methoxy groups -OCH3 is 1. The molecule has 0 atom stereocenters. The fourth-order valence-electron chi connectivity index (χ4n) is 3.79. The Labute approximate surface area is 169 Å². The Hall–Kier alpha value is -3.25. The molecule has 1 aliphatic heterocycles. The molecule has 0 radical (unpaired) electrons. The molecule has 0 spiro atoms. The molecule has 1 N–H and O–H groups in total. The van der Waals surface area contributed by atoms with Gasteiger partial charge in [0, 0.05) is 43.0 Å². The van der Waals surface area contributed by atoms with Gasteiger partial charge >= 0.3 is 0 Å². The van der Waals surface area contributed by atoms with Gasteiger partial charge in [-0.1, -0.05) is 18.2 Å². The number of nitrogens with zero attached hydrogens (tertiary/aromatic N) is 2. The lowest BCUT2D eigenvalue weighted by molar-refractivity contribution is -0.119. The number of nitrogens with one attached hydrogen (secondary N) is 1. The fraction of sp³-hybridized carbons (Fsp3) is 0.261. The standard InChI is InChI=1S/C23H23N3O3/c1-15-5-6-16-4-3-11-24-22(16)21(15)23(28)25-18-8-9-19-17(14-18)7-10-20(27)26(19)12-13-29-2/h3-6,8-9,11,14H,7,10,12-13H2,1-2H3,(H,25,28). The number of aryl methyl sites for hydroxylation is 2. The second-order valence-electron chi connectivity index (χ2n) is 7.17. The summed E-state index contributed by atoms with van der Waals surface area (Å²) in [5.74, 6) is -0.0846. The van der Waals surface area contributed by atoms with Crippen molar-refractivity contribution in [1.82, 2.24) is 4.98 Å². The normalized spacial score (nSPS) is 13.4. The predicted molar refractivity (Wildman–Crippen MR) is 113 cm³/mol. The van der Waals surface area contributed by atoms with E-state index in [1.165, 1.54) is 0 Å². The van der Waals surface area contributed by atoms with Crippen molar-refractivity contribution in [2.75, 3.05) is 30.5 Å². The summed E-state index contributed by atoms with van der Waals surface area (Å²) < 4.78 is 5.12. The van der Waals surface area contributed by atoms with Crippen LogP contribution in [0.2, 0.25) is 0 Å². The van der Waals surface area contributed by atoms with E-state index >= 15 is 0 Å². The van der Waals surface area contributed by atoms with Crippen LogP contribution in [0.3, 0.4) is 0 Å². The molecule has 29 heavy (non-hydrogen) atoms. The lowest BCUT2D eigenvalue weighted by atomic mass is 10.00. The van der Waals surface area contributed by atoms with Crippen LogP contribution in [0.15, 0.2) is 48.7 Å². The number of ether oxygens (including phenoxy) is 1. The van der Waals surface area contributed by atoms with Gasteiger partial charge < -0.3 is 15.0 Å². The quantitative estimate of drug-likeness (QED) is 0.722. The first-order chi connectivity index (χ1) is 14.1. The van der Waals surface area contributed by atoms with Gasteiger partial charge in [-0.05, 0) is 48.7 Å². The van der Waals surface area contributed by atoms with Crippen molar-refractivity contribution in [3.63, 3.8) is 0 Å². The zero-order valence-corrected chi connectivity index (χ0v) is 16.6. The van der Waals surface area contributed by atoms with E-state index in [0.717, 1.165) is 22.2 Å². The summed E-state index contributed by atoms with van der Waals surface area (Å²) in [7, 11) is 1.62. The highest BCUT2D eigenvalue weighted by molar-refractivity contribution is 6.13. The number of carbonyl (C=O) groups excluding carboxylic acids is 2. The minimum Gasteiger partial charge on any atom is -0.383 e. The number of aromatic nitrogens is 1. The van der Waals surface area contributed by atoms with Crippen LogP contribution in [-0.2, 0) is 16.0 Å². The van der Waals surface area contributed by atoms with Gasteiger partial charge in [0.25, 0.3) is 5.91 Å². The maximum absolute atomic E-state index is 13.0. The van der Waals surface area contributed by atoms with Crippen molar-refractivity contribution in [3.8, 4) is 0 Å². The number of anilines is 2. The maximum atomic E-state index is 13.0. The number of carbonyl (C=O) groups is 2. The summed E-state index contributed by atoms with van der Waals surface area (Å²) >= 11 is 0. The minimum atomic E-state index is -0.185. The largest absolute Gasteiger partial charge is 0.383 e. The van der Waals surface area contributed by atoms with Crippen molar-refractivity contribution in [2.45, 2.75) is 19.8 Å². The van der Waals surface area contributed by atoms with E-state index in [2.05, 4.69) is 10.3 Å². The van der Waals surface area contributed by atoms with Crippen LogP contribution in [0.4, 0.5) is 11.4 Å². The lowest BCUT2D eigenvalue weighted by Gasteiger charge is -2.29. The van der Waals surface area contributed by atoms with Crippen LogP contribution in [0, 0.1) is 6.92 Å². The van der Waals surface area contributed by atoms with E-state index in [-0.39, 0.29) is 11.8 Å². The first-order valence-corrected chi connectivity index (χ1v) is 9.66. The highest BCUT2D eigenvalue weighted by Crippen LogP contribution is 2.31. The number of amides is 2. The van der Waals surface area contributed by atoms with Crippen LogP contribution in [0.1, 0.15) is 27.9 Å². The number of rotatable bonds is 5. The monoisotopic (exact) mass is 389 g/mol. The molecular weight excluding hydrogens is 366 g/mol. The summed E-state index contributed by atoms with van der Waals surface area (Å²) in [6.07, 6.45) is 2.82. The number of hydrogen-bond donors (Lipinski definition) is 1. The zero-order valence-electron chi connectivity index (χ0n) is 16.6. The smallest absolute Gasteiger partial charge is 0.258 e. The van der Waals surface area contributed by atoms with Crippen molar-refractivity contribution in [2.24, 2.45) is 0 Å². The first-order valence-electron chi connectivity index (χ1n) is 9.66. The molecule has 148 valence electrons. The molecule has 6 heteroatoms. The Balaban J connectivity index is 1.62. The van der Waals surface area contributed by atoms with Gasteiger partial charge in [-0.2, -0.15) is 0 Å². The average Bonchev–Trinajstić information content (AvgIpc) is 2.73. The van der Waals surface area contributed by atoms with Crippen molar-refractivity contribution in [1.29, 1.82) is 0 Å². The number of fused-ring (bicyclic) bond motifs is 2. The predicted octanol–water partition coefficient (Wildman–Crippen LogP) is 3.72. The molecule has 1 aliphatic rings. The second kappa shape index (κ2) is 8.01. The van der Waals surface area contributed by atoms with Crippen LogP contribution < -0.4 is 10.2 Å². The summed E-state index contributed by atoms with van der Waals surface area (Å²) in [4.78, 5) is 31.5. The summed E-state index contributed by atoms with van der Waals surface area (Å²) in [5.41, 5.74) is 4.80. The Morgan fingerprint density at radius 2 is 2.07 bits per heavy atom. The molecule has 0 saturated carbocycles. The maximum Gasteiger partial charge on any atom is 0.258 e. The topological polar surface area (TPSA) is 71.5 Å². The summed E-state index contributed by atoms with van der Waals surface area (Å²) in [6.45, 7) is 2.92. The van der Waals surface area contributed by atoms with E-state index in [4.69, 9.17) is 4.74 Å². The number of hydrogen-bond acceptors (Lipinski definition) is 4. The molecule has 0 fully saturated rings. The first kappa shape index (κ1) is 19.1. The molecule has 0 saturated heterocycles. The van der Waals surface area contributed by atoms with Gasteiger partial charge in [0.1, 0.15) is 0 Å². The summed E-state index contributed by atoms with van der Waals surface area (Å²) in [5, 5.41) is 3.93. The van der Waals surface area contributed by atoms with Crippen LogP contribution in [0.25, 0.3) is 10.9 Å². The number of benzene rings is 2. The minimum absolute atomic E-state index is 0.101. The van der Waals surface area contributed by atoms with E-state index < -0.39 is 0 Å². The third-order valence-electron chi connectivity index (χ3n) is 5.27. The van der Waals surface area contributed by atoms with Crippen LogP contribution in [-0.4, -0.2) is 37.1 Å². The molecule has 1 aromatic heterocycles. The molecule has 2 heterocycles. The molecule has 2 aromatic carbocycles. The van der Waals surface area contributed by atoms with Crippen molar-refractivity contribution < 1.29 is 14.3 Å². The van der Waals surface area contributed by atoms with Crippen LogP contribution in [0.5, 0.6) is 0 Å². The van der Waals surface area contributed by atoms with E-state index in [1.54, 1.807) is 18.2 Å². The second-order valence-corrected chi connectivity index (χ2v) is 7.17. The fourth-order valence-corrected chi connectivity index (χ4v) is 3.79. The molecule has 4 rings (SSSR count). The Kier molecular flexibility index (Phi) is 5.27. The van der Waals surface area contributed by atoms with E-state index in [1.807, 2.05) is 49.4 Å². The SMILES string of the molecule is COCCN1C(=O)CCc2cc(NC(=O)c3c(C)ccc4cccnc34)ccc21. The Morgan fingerprint density at radius 3 is 2.90 bits per heavy atom. The van der Waals surface area contributed by atoms with E-state index in [0.29, 0.717) is 42.8 Å². The van der Waals surface area contributed by atoms with Crippen molar-refractivity contribution in [3.05, 3.63) is 65.4 Å². The molecule has 0 bridgehead atoms. The number of pyridine rings is 1. The third kappa shape index (κ3) is 3.71. The van der Waals surface area contributed by atoms with Gasteiger partial charge in [0.15, 0.2) is 0 Å². The van der Waals surface area contributed by atoms with Gasteiger partial charge in [-0.3, -0.25) is 14.6 Å². The van der Waals surface area contributed by atoms with Gasteiger partial charge in [-0.25, -0.2) is 0 Å². The Bertz CT molecular complexity index is 1090.